The number of benzene rings is 3. The number of carboxylic acid groups (broad SMARTS) is 1. The van der Waals surface area contributed by atoms with Crippen molar-refractivity contribution >= 4 is 17.6 Å². The van der Waals surface area contributed by atoms with Gasteiger partial charge in [-0.15, -0.1) is 0 Å². The number of rotatable bonds is 6. The maximum atomic E-state index is 12.8. The number of fused-ring (bicyclic) bond motifs is 1. The molecule has 0 fully saturated rings. The van der Waals surface area contributed by atoms with Gasteiger partial charge in [0.1, 0.15) is 5.75 Å². The van der Waals surface area contributed by atoms with Crippen molar-refractivity contribution in [3.05, 3.63) is 69.8 Å². The van der Waals surface area contributed by atoms with Crippen LogP contribution >= 0.6 is 0 Å². The highest BCUT2D eigenvalue weighted by Gasteiger charge is 2.34. The van der Waals surface area contributed by atoms with Crippen LogP contribution in [0.5, 0.6) is 5.75 Å². The van der Waals surface area contributed by atoms with Crippen LogP contribution in [-0.4, -0.2) is 29.2 Å². The summed E-state index contributed by atoms with van der Waals surface area (Å²) in [6.45, 7) is 15.7. The zero-order valence-electron chi connectivity index (χ0n) is 24.2. The lowest BCUT2D eigenvalue weighted by Crippen LogP contribution is -2.29. The molecule has 2 N–H and O–H groups in total. The van der Waals surface area contributed by atoms with Crippen LogP contribution in [0.2, 0.25) is 0 Å². The third kappa shape index (κ3) is 5.86. The van der Waals surface area contributed by atoms with Crippen LogP contribution in [0.15, 0.2) is 36.4 Å². The molecule has 0 saturated heterocycles. The molecule has 0 spiro atoms. The van der Waals surface area contributed by atoms with Crippen molar-refractivity contribution in [2.75, 3.05) is 11.9 Å². The molecule has 1 aliphatic rings. The van der Waals surface area contributed by atoms with E-state index in [9.17, 15) is 14.7 Å². The number of carbonyl (C=O) groups excluding carboxylic acids is 1. The molecule has 0 saturated carbocycles. The van der Waals surface area contributed by atoms with Gasteiger partial charge in [-0.2, -0.15) is 0 Å². The molecule has 1 heterocycles. The van der Waals surface area contributed by atoms with Crippen molar-refractivity contribution in [2.45, 2.75) is 79.9 Å². The van der Waals surface area contributed by atoms with Gasteiger partial charge >= 0.3 is 5.97 Å². The molecular formula is C33H39NO5. The van der Waals surface area contributed by atoms with Crippen LogP contribution in [0, 0.1) is 27.7 Å². The summed E-state index contributed by atoms with van der Waals surface area (Å²) >= 11 is 0. The first-order valence-corrected chi connectivity index (χ1v) is 13.5. The molecule has 0 aromatic heterocycles. The third-order valence-electron chi connectivity index (χ3n) is 7.30. The van der Waals surface area contributed by atoms with Gasteiger partial charge in [-0.1, -0.05) is 24.3 Å². The summed E-state index contributed by atoms with van der Waals surface area (Å²) in [5.74, 6) is -0.440. The number of carboxylic acids is 1. The predicted molar refractivity (Wildman–Crippen MR) is 156 cm³/mol. The van der Waals surface area contributed by atoms with Crippen molar-refractivity contribution in [1.29, 1.82) is 0 Å². The van der Waals surface area contributed by atoms with E-state index < -0.39 is 17.7 Å². The molecular weight excluding hydrogens is 490 g/mol. The van der Waals surface area contributed by atoms with E-state index in [1.165, 1.54) is 12.5 Å². The second kappa shape index (κ2) is 10.9. The van der Waals surface area contributed by atoms with E-state index in [-0.39, 0.29) is 5.91 Å². The van der Waals surface area contributed by atoms with E-state index in [4.69, 9.17) is 9.47 Å². The first-order chi connectivity index (χ1) is 18.3. The van der Waals surface area contributed by atoms with E-state index in [1.807, 2.05) is 46.8 Å². The highest BCUT2D eigenvalue weighted by molar-refractivity contribution is 6.00. The minimum atomic E-state index is -1.24. The van der Waals surface area contributed by atoms with Crippen LogP contribution in [0.3, 0.4) is 0 Å². The van der Waals surface area contributed by atoms with Crippen molar-refractivity contribution in [3.8, 4) is 28.0 Å². The first kappa shape index (κ1) is 28.4. The van der Waals surface area contributed by atoms with Gasteiger partial charge in [0, 0.05) is 18.1 Å². The molecule has 1 amide bonds. The molecule has 3 aromatic carbocycles. The highest BCUT2D eigenvalue weighted by Crippen LogP contribution is 2.47. The maximum Gasteiger partial charge on any atom is 0.337 e. The Morgan fingerprint density at radius 3 is 2.23 bits per heavy atom. The molecule has 1 unspecified atom stereocenters. The normalized spacial score (nSPS) is 13.8. The number of ether oxygens (including phenoxy) is 2. The van der Waals surface area contributed by atoms with Gasteiger partial charge in [0.25, 0.3) is 0 Å². The third-order valence-corrected chi connectivity index (χ3v) is 7.30. The van der Waals surface area contributed by atoms with Gasteiger partial charge in [0.05, 0.1) is 17.9 Å². The van der Waals surface area contributed by atoms with Crippen LogP contribution in [-0.2, 0) is 20.7 Å². The second-order valence-corrected chi connectivity index (χ2v) is 11.5. The molecule has 4 rings (SSSR count). The van der Waals surface area contributed by atoms with Gasteiger partial charge in [0.2, 0.25) is 5.91 Å². The summed E-state index contributed by atoms with van der Waals surface area (Å²) < 4.78 is 12.1. The minimum Gasteiger partial charge on any atom is -0.493 e. The molecule has 0 aliphatic carbocycles. The predicted octanol–water partition coefficient (Wildman–Crippen LogP) is 7.48. The Labute approximate surface area is 231 Å². The molecule has 6 heteroatoms. The van der Waals surface area contributed by atoms with Crippen LogP contribution in [0.25, 0.3) is 22.3 Å². The quantitative estimate of drug-likeness (QED) is 0.346. The number of aryl methyl sites for hydroxylation is 3. The molecule has 6 nitrogen and oxygen atoms in total. The van der Waals surface area contributed by atoms with Crippen molar-refractivity contribution in [1.82, 2.24) is 0 Å². The smallest absolute Gasteiger partial charge is 0.337 e. The topological polar surface area (TPSA) is 84.9 Å². The van der Waals surface area contributed by atoms with E-state index >= 15 is 0 Å². The summed E-state index contributed by atoms with van der Waals surface area (Å²) in [6, 6.07) is 12.3. The van der Waals surface area contributed by atoms with E-state index in [0.29, 0.717) is 23.4 Å². The van der Waals surface area contributed by atoms with Crippen LogP contribution in [0.4, 0.5) is 5.69 Å². The maximum absolute atomic E-state index is 12.8. The number of hydrogen-bond acceptors (Lipinski definition) is 4. The minimum absolute atomic E-state index is 0.226. The summed E-state index contributed by atoms with van der Waals surface area (Å²) in [5.41, 5.74) is 8.92. The summed E-state index contributed by atoms with van der Waals surface area (Å²) in [7, 11) is 0. The van der Waals surface area contributed by atoms with E-state index in [0.717, 1.165) is 57.5 Å². The number of anilines is 1. The van der Waals surface area contributed by atoms with Crippen LogP contribution in [0.1, 0.15) is 73.6 Å². The molecule has 3 aromatic rings. The molecule has 1 aliphatic heterocycles. The molecule has 39 heavy (non-hydrogen) atoms. The standard InChI is InChI=1S/C33H39NO5/c1-18-11-12-24(16-19(18)2)28-20(3)27(25-13-14-26-23(17-25)10-9-15-38-26)29(21(4)30(28)34-22(5)35)31(32(36)37)39-33(6,7)8/h11-14,16-17,31H,9-10,15H2,1-8H3,(H,34,35)(H,36,37). The van der Waals surface area contributed by atoms with Gasteiger partial charge < -0.3 is 19.9 Å². The number of nitrogens with one attached hydrogen (secondary N) is 1. The zero-order chi connectivity index (χ0) is 28.6. The van der Waals surface area contributed by atoms with Gasteiger partial charge in [-0.25, -0.2) is 4.79 Å². The lowest BCUT2D eigenvalue weighted by atomic mass is 9.81. The fourth-order valence-corrected chi connectivity index (χ4v) is 5.42. The lowest BCUT2D eigenvalue weighted by molar-refractivity contribution is -0.160. The molecule has 0 radical (unpaired) electrons. The van der Waals surface area contributed by atoms with Crippen molar-refractivity contribution < 1.29 is 24.2 Å². The lowest BCUT2D eigenvalue weighted by Gasteiger charge is -2.31. The summed E-state index contributed by atoms with van der Waals surface area (Å²) in [4.78, 5) is 25.3. The Morgan fingerprint density at radius 1 is 0.949 bits per heavy atom. The first-order valence-electron chi connectivity index (χ1n) is 13.5. The Hall–Kier alpha value is -3.64. The molecule has 1 atom stereocenters. The Balaban J connectivity index is 2.14. The van der Waals surface area contributed by atoms with E-state index in [1.54, 1.807) is 0 Å². The van der Waals surface area contributed by atoms with Crippen molar-refractivity contribution in [3.63, 3.8) is 0 Å². The average molecular weight is 530 g/mol. The van der Waals surface area contributed by atoms with E-state index in [2.05, 4.69) is 43.4 Å². The number of aliphatic carboxylic acids is 1. The SMILES string of the molecule is CC(=O)Nc1c(C)c(C(OC(C)(C)C)C(=O)O)c(-c2ccc3c(c2)CCCO3)c(C)c1-c1ccc(C)c(C)c1. The fraction of sp³-hybridized carbons (Fsp3) is 0.394. The summed E-state index contributed by atoms with van der Waals surface area (Å²) in [6.07, 6.45) is 0.583. The average Bonchev–Trinajstić information content (AvgIpc) is 2.85. The second-order valence-electron chi connectivity index (χ2n) is 11.5. The number of carbonyl (C=O) groups is 2. The Morgan fingerprint density at radius 2 is 1.62 bits per heavy atom. The number of hydrogen-bond donors (Lipinski definition) is 2. The van der Waals surface area contributed by atoms with Gasteiger partial charge in [-0.3, -0.25) is 4.79 Å². The molecule has 0 bridgehead atoms. The summed E-state index contributed by atoms with van der Waals surface area (Å²) in [5, 5.41) is 13.5. The fourth-order valence-electron chi connectivity index (χ4n) is 5.42. The largest absolute Gasteiger partial charge is 0.493 e. The zero-order valence-corrected chi connectivity index (χ0v) is 24.2. The number of amides is 1. The van der Waals surface area contributed by atoms with Crippen molar-refractivity contribution in [2.24, 2.45) is 0 Å². The Bertz CT molecular complexity index is 1450. The van der Waals surface area contributed by atoms with Gasteiger partial charge in [-0.05, 0) is 118 Å². The highest BCUT2D eigenvalue weighted by atomic mass is 16.5. The molecule has 206 valence electrons. The van der Waals surface area contributed by atoms with Gasteiger partial charge in [0.15, 0.2) is 6.10 Å². The van der Waals surface area contributed by atoms with Crippen LogP contribution < -0.4 is 10.1 Å². The monoisotopic (exact) mass is 529 g/mol. The Kier molecular flexibility index (Phi) is 7.89.